The smallest absolute Gasteiger partial charge is 0.239 e. The van der Waals surface area contributed by atoms with Crippen LogP contribution in [0.4, 0.5) is 0 Å². The highest BCUT2D eigenvalue weighted by Crippen LogP contribution is 2.22. The predicted octanol–water partition coefficient (Wildman–Crippen LogP) is 1.64. The van der Waals surface area contributed by atoms with Crippen molar-refractivity contribution in [3.8, 4) is 5.75 Å². The molecule has 1 heterocycles. The first kappa shape index (κ1) is 19.6. The Hall–Kier alpha value is -3.13. The number of aryl methyl sites for hydroxylation is 1. The number of hydrogen-bond donors (Lipinski definition) is 1. The average molecular weight is 396 g/mol. The van der Waals surface area contributed by atoms with Crippen LogP contribution >= 0.6 is 11.8 Å². The van der Waals surface area contributed by atoms with Crippen LogP contribution in [0.1, 0.15) is 23.1 Å². The summed E-state index contributed by atoms with van der Waals surface area (Å²) in [4.78, 5) is 22.2. The normalized spacial score (nSPS) is 17.8. The van der Waals surface area contributed by atoms with E-state index in [-0.39, 0.29) is 11.6 Å². The topological polar surface area (TPSA) is 103 Å². The first-order valence-electron chi connectivity index (χ1n) is 8.57. The van der Waals surface area contributed by atoms with Gasteiger partial charge in [-0.2, -0.15) is 5.10 Å². The molecule has 28 heavy (non-hydrogen) atoms. The van der Waals surface area contributed by atoms with Gasteiger partial charge >= 0.3 is 0 Å². The Balaban J connectivity index is 1.53. The summed E-state index contributed by atoms with van der Waals surface area (Å²) in [5.41, 5.74) is 3.13. The van der Waals surface area contributed by atoms with E-state index in [1.165, 1.54) is 11.8 Å². The van der Waals surface area contributed by atoms with E-state index in [0.717, 1.165) is 28.6 Å². The van der Waals surface area contributed by atoms with Crippen molar-refractivity contribution in [3.63, 3.8) is 0 Å². The summed E-state index contributed by atoms with van der Waals surface area (Å²) in [5.74, 6) is -0.934. The van der Waals surface area contributed by atoms with E-state index in [0.29, 0.717) is 6.61 Å². The number of benzene rings is 2. The Morgan fingerprint density at radius 1 is 1.25 bits per heavy atom. The molecular weight excluding hydrogens is 378 g/mol. The molecule has 0 unspecified atom stereocenters. The number of nitrogens with zero attached hydrogens (tertiary/aromatic N) is 2. The van der Waals surface area contributed by atoms with Gasteiger partial charge in [0.25, 0.3) is 0 Å². The maximum absolute atomic E-state index is 11.6. The van der Waals surface area contributed by atoms with Crippen molar-refractivity contribution < 1.29 is 19.4 Å². The van der Waals surface area contributed by atoms with Crippen molar-refractivity contribution in [2.45, 2.75) is 25.2 Å². The van der Waals surface area contributed by atoms with E-state index in [1.54, 1.807) is 0 Å². The lowest BCUT2D eigenvalue weighted by Gasteiger charge is -2.08. The van der Waals surface area contributed by atoms with Crippen molar-refractivity contribution >= 4 is 35.0 Å². The highest BCUT2D eigenvalue weighted by molar-refractivity contribution is 8.15. The molecule has 144 valence electrons. The number of carbonyl (C=O) groups is 2. The first-order chi connectivity index (χ1) is 13.5. The SMILES string of the molecule is Cc1ccccc1COc1ccc(/C=N\N=C2\NC(=O)[C@H](CC(=O)[O-])S2)cc1. The van der Waals surface area contributed by atoms with Crippen LogP contribution in [-0.2, 0) is 16.2 Å². The number of aliphatic carboxylic acids is 1. The van der Waals surface area contributed by atoms with Gasteiger partial charge in [0.2, 0.25) is 5.91 Å². The van der Waals surface area contributed by atoms with Crippen molar-refractivity contribution in [2.75, 3.05) is 0 Å². The zero-order valence-electron chi connectivity index (χ0n) is 15.1. The van der Waals surface area contributed by atoms with Gasteiger partial charge in [0.05, 0.1) is 11.5 Å². The van der Waals surface area contributed by atoms with E-state index in [1.807, 2.05) is 55.5 Å². The van der Waals surface area contributed by atoms with E-state index >= 15 is 0 Å². The van der Waals surface area contributed by atoms with Crippen molar-refractivity contribution in [1.29, 1.82) is 0 Å². The lowest BCUT2D eigenvalue weighted by molar-refractivity contribution is -0.305. The second-order valence-electron chi connectivity index (χ2n) is 6.11. The molecule has 0 aliphatic carbocycles. The van der Waals surface area contributed by atoms with Crippen LogP contribution < -0.4 is 15.2 Å². The maximum atomic E-state index is 11.6. The summed E-state index contributed by atoms with van der Waals surface area (Å²) in [6, 6.07) is 15.4. The minimum absolute atomic E-state index is 0.269. The van der Waals surface area contributed by atoms with Gasteiger partial charge in [-0.3, -0.25) is 4.79 Å². The molecule has 0 saturated carbocycles. The van der Waals surface area contributed by atoms with E-state index < -0.39 is 17.1 Å². The number of amides is 1. The summed E-state index contributed by atoms with van der Waals surface area (Å²) < 4.78 is 5.79. The Kier molecular flexibility index (Phi) is 6.44. The lowest BCUT2D eigenvalue weighted by Crippen LogP contribution is -2.31. The monoisotopic (exact) mass is 396 g/mol. The number of hydrogen-bond acceptors (Lipinski definition) is 7. The Morgan fingerprint density at radius 3 is 2.71 bits per heavy atom. The molecule has 7 nitrogen and oxygen atoms in total. The Morgan fingerprint density at radius 2 is 2.00 bits per heavy atom. The molecule has 0 spiro atoms. The standard InChI is InChI=1S/C20H19N3O4S/c1-13-4-2-3-5-15(13)12-27-16-8-6-14(7-9-16)11-21-23-20-22-19(26)17(28-20)10-18(24)25/h2-9,11,17H,10,12H2,1H3,(H,24,25)(H,22,23,26)/p-1/b21-11-/t17-/m0/s1. The fourth-order valence-corrected chi connectivity index (χ4v) is 3.38. The zero-order valence-corrected chi connectivity index (χ0v) is 15.9. The van der Waals surface area contributed by atoms with Gasteiger partial charge in [-0.25, -0.2) is 0 Å². The number of rotatable bonds is 7. The van der Waals surface area contributed by atoms with Gasteiger partial charge < -0.3 is 20.0 Å². The molecule has 2 aromatic carbocycles. The number of ether oxygens (including phenoxy) is 1. The molecule has 1 amide bonds. The van der Waals surface area contributed by atoms with Crippen LogP contribution in [0.5, 0.6) is 5.75 Å². The first-order valence-corrected chi connectivity index (χ1v) is 9.45. The maximum Gasteiger partial charge on any atom is 0.239 e. The number of carbonyl (C=O) groups excluding carboxylic acids is 2. The number of nitrogens with one attached hydrogen (secondary N) is 1. The van der Waals surface area contributed by atoms with E-state index in [2.05, 4.69) is 15.5 Å². The molecule has 1 aliphatic heterocycles. The van der Waals surface area contributed by atoms with E-state index in [4.69, 9.17) is 4.74 Å². The van der Waals surface area contributed by atoms with Crippen LogP contribution in [0, 0.1) is 6.92 Å². The molecule has 2 aromatic rings. The zero-order chi connectivity index (χ0) is 19.9. The third-order valence-electron chi connectivity index (χ3n) is 4.02. The van der Waals surface area contributed by atoms with Crippen LogP contribution in [0.25, 0.3) is 0 Å². The Bertz CT molecular complexity index is 925. The second kappa shape index (κ2) is 9.18. The molecule has 0 radical (unpaired) electrons. The van der Waals surface area contributed by atoms with Crippen molar-refractivity contribution in [2.24, 2.45) is 10.2 Å². The average Bonchev–Trinajstić information content (AvgIpc) is 3.01. The lowest BCUT2D eigenvalue weighted by atomic mass is 10.1. The molecule has 1 N–H and O–H groups in total. The van der Waals surface area contributed by atoms with Crippen LogP contribution in [0.15, 0.2) is 58.7 Å². The number of amidine groups is 1. The Labute approximate surface area is 166 Å². The predicted molar refractivity (Wildman–Crippen MR) is 106 cm³/mol. The van der Waals surface area contributed by atoms with Gasteiger partial charge in [0.15, 0.2) is 5.17 Å². The van der Waals surface area contributed by atoms with E-state index in [9.17, 15) is 14.7 Å². The molecule has 1 aliphatic rings. The molecule has 1 atom stereocenters. The van der Waals surface area contributed by atoms with Gasteiger partial charge in [-0.05, 0) is 47.9 Å². The third-order valence-corrected chi connectivity index (χ3v) is 5.09. The number of thioether (sulfide) groups is 1. The highest BCUT2D eigenvalue weighted by atomic mass is 32.2. The van der Waals surface area contributed by atoms with Crippen LogP contribution in [0.2, 0.25) is 0 Å². The van der Waals surface area contributed by atoms with Gasteiger partial charge in [-0.1, -0.05) is 36.0 Å². The third kappa shape index (κ3) is 5.43. The summed E-state index contributed by atoms with van der Waals surface area (Å²) in [6.07, 6.45) is 1.18. The molecule has 1 fully saturated rings. The number of carboxylic acids is 1. The largest absolute Gasteiger partial charge is 0.550 e. The summed E-state index contributed by atoms with van der Waals surface area (Å²) in [6.45, 7) is 2.54. The summed E-state index contributed by atoms with van der Waals surface area (Å²) in [5, 5.41) is 20.5. The fourth-order valence-electron chi connectivity index (χ4n) is 2.47. The molecular formula is C20H18N3O4S-. The highest BCUT2D eigenvalue weighted by Gasteiger charge is 2.30. The van der Waals surface area contributed by atoms with Crippen LogP contribution in [0.3, 0.4) is 0 Å². The van der Waals surface area contributed by atoms with Crippen LogP contribution in [-0.4, -0.2) is 28.5 Å². The molecule has 1 saturated heterocycles. The minimum atomic E-state index is -1.28. The minimum Gasteiger partial charge on any atom is -0.550 e. The van der Waals surface area contributed by atoms with Crippen molar-refractivity contribution in [1.82, 2.24) is 5.32 Å². The molecule has 8 heteroatoms. The summed E-state index contributed by atoms with van der Waals surface area (Å²) >= 11 is 1.03. The second-order valence-corrected chi connectivity index (χ2v) is 7.30. The number of carboxylic acid groups (broad SMARTS) is 1. The van der Waals surface area contributed by atoms with Gasteiger partial charge in [0.1, 0.15) is 12.4 Å². The summed E-state index contributed by atoms with van der Waals surface area (Å²) in [7, 11) is 0. The molecule has 0 bridgehead atoms. The quantitative estimate of drug-likeness (QED) is 0.566. The van der Waals surface area contributed by atoms with Crippen molar-refractivity contribution in [3.05, 3.63) is 65.2 Å². The van der Waals surface area contributed by atoms with Gasteiger partial charge in [-0.15, -0.1) is 5.10 Å². The fraction of sp³-hybridized carbons (Fsp3) is 0.200. The molecule has 3 rings (SSSR count). The molecule has 0 aromatic heterocycles. The van der Waals surface area contributed by atoms with Gasteiger partial charge in [0, 0.05) is 12.4 Å².